The van der Waals surface area contributed by atoms with Gasteiger partial charge in [-0.3, -0.25) is 0 Å². The lowest BCUT2D eigenvalue weighted by Crippen LogP contribution is -2.03. The Labute approximate surface area is 189 Å². The van der Waals surface area contributed by atoms with E-state index in [0.29, 0.717) is 17.4 Å². The number of hydrogen-bond donors (Lipinski definition) is 2. The zero-order valence-corrected chi connectivity index (χ0v) is 17.9. The number of benzene rings is 4. The van der Waals surface area contributed by atoms with E-state index in [9.17, 15) is 10.2 Å². The molecule has 1 aliphatic rings. The van der Waals surface area contributed by atoms with Crippen molar-refractivity contribution in [3.8, 4) is 33.8 Å². The summed E-state index contributed by atoms with van der Waals surface area (Å²) in [6.07, 6.45) is 5.59. The highest BCUT2D eigenvalue weighted by Crippen LogP contribution is 2.40. The minimum atomic E-state index is 0.302. The summed E-state index contributed by atoms with van der Waals surface area (Å²) < 4.78 is 0. The highest BCUT2D eigenvalue weighted by molar-refractivity contribution is 5.77. The maximum absolute atomic E-state index is 10.4. The van der Waals surface area contributed by atoms with E-state index in [1.54, 1.807) is 6.07 Å². The number of rotatable bonds is 4. The quantitative estimate of drug-likeness (QED) is 0.355. The Hall–Kier alpha value is -3.78. The van der Waals surface area contributed by atoms with Gasteiger partial charge in [0.05, 0.1) is 0 Å². The maximum Gasteiger partial charge on any atom is 0.123 e. The second kappa shape index (κ2) is 8.76. The van der Waals surface area contributed by atoms with E-state index in [1.165, 1.54) is 11.1 Å². The van der Waals surface area contributed by atoms with Crippen LogP contribution in [0.4, 0.5) is 0 Å². The SMILES string of the molecule is Oc1ccc(C2=CC(c3ccc(O)c(-c4ccccc4)c3)CCC2)cc1-c1ccccc1. The molecule has 0 fully saturated rings. The average molecular weight is 419 g/mol. The first kappa shape index (κ1) is 20.1. The summed E-state index contributed by atoms with van der Waals surface area (Å²) in [6, 6.07) is 32.0. The van der Waals surface area contributed by atoms with E-state index in [4.69, 9.17) is 0 Å². The van der Waals surface area contributed by atoms with Crippen LogP contribution in [0.2, 0.25) is 0 Å². The average Bonchev–Trinajstić information content (AvgIpc) is 2.86. The van der Waals surface area contributed by atoms with E-state index in [1.807, 2.05) is 78.9 Å². The number of allylic oxidation sites excluding steroid dienone is 2. The normalized spacial score (nSPS) is 15.9. The largest absolute Gasteiger partial charge is 0.507 e. The number of phenols is 2. The zero-order valence-electron chi connectivity index (χ0n) is 17.9. The van der Waals surface area contributed by atoms with Crippen molar-refractivity contribution in [2.24, 2.45) is 0 Å². The van der Waals surface area contributed by atoms with Crippen LogP contribution < -0.4 is 0 Å². The molecule has 4 aromatic carbocycles. The number of aromatic hydroxyl groups is 2. The van der Waals surface area contributed by atoms with Crippen molar-refractivity contribution in [3.63, 3.8) is 0 Å². The van der Waals surface area contributed by atoms with Crippen LogP contribution >= 0.6 is 0 Å². The van der Waals surface area contributed by atoms with Crippen LogP contribution in [0.3, 0.4) is 0 Å². The predicted octanol–water partition coefficient (Wildman–Crippen LogP) is 7.78. The third-order valence-corrected chi connectivity index (χ3v) is 6.35. The van der Waals surface area contributed by atoms with E-state index >= 15 is 0 Å². The molecule has 1 unspecified atom stereocenters. The first-order valence-electron chi connectivity index (χ1n) is 11.2. The van der Waals surface area contributed by atoms with Gasteiger partial charge in [-0.1, -0.05) is 78.9 Å². The fourth-order valence-electron chi connectivity index (χ4n) is 4.64. The van der Waals surface area contributed by atoms with Gasteiger partial charge >= 0.3 is 0 Å². The Morgan fingerprint density at radius 3 is 1.84 bits per heavy atom. The van der Waals surface area contributed by atoms with Gasteiger partial charge in [0.15, 0.2) is 0 Å². The molecule has 1 atom stereocenters. The molecule has 0 saturated carbocycles. The maximum atomic E-state index is 10.4. The van der Waals surface area contributed by atoms with Crippen LogP contribution in [0.15, 0.2) is 103 Å². The lowest BCUT2D eigenvalue weighted by atomic mass is 9.82. The van der Waals surface area contributed by atoms with Crippen LogP contribution in [0.25, 0.3) is 27.8 Å². The Morgan fingerprint density at radius 2 is 1.19 bits per heavy atom. The van der Waals surface area contributed by atoms with E-state index in [0.717, 1.165) is 47.1 Å². The number of phenolic OH excluding ortho intramolecular Hbond substituents is 2. The second-order valence-corrected chi connectivity index (χ2v) is 8.43. The molecule has 0 aliphatic heterocycles. The van der Waals surface area contributed by atoms with Crippen molar-refractivity contribution in [1.29, 1.82) is 0 Å². The van der Waals surface area contributed by atoms with Gasteiger partial charge in [-0.15, -0.1) is 0 Å². The molecule has 0 bridgehead atoms. The monoisotopic (exact) mass is 418 g/mol. The molecular formula is C30H26O2. The molecule has 0 radical (unpaired) electrons. The Bertz CT molecular complexity index is 1260. The molecule has 158 valence electrons. The highest BCUT2D eigenvalue weighted by atomic mass is 16.3. The van der Waals surface area contributed by atoms with Gasteiger partial charge in [-0.25, -0.2) is 0 Å². The first-order valence-corrected chi connectivity index (χ1v) is 11.2. The molecule has 0 heterocycles. The topological polar surface area (TPSA) is 40.5 Å². The molecule has 0 spiro atoms. The minimum Gasteiger partial charge on any atom is -0.507 e. The lowest BCUT2D eigenvalue weighted by molar-refractivity contribution is 0.476. The van der Waals surface area contributed by atoms with Crippen molar-refractivity contribution in [2.45, 2.75) is 25.2 Å². The fraction of sp³-hybridized carbons (Fsp3) is 0.133. The first-order chi connectivity index (χ1) is 15.7. The molecule has 0 aromatic heterocycles. The van der Waals surface area contributed by atoms with Crippen LogP contribution in [-0.2, 0) is 0 Å². The predicted molar refractivity (Wildman–Crippen MR) is 132 cm³/mol. The van der Waals surface area contributed by atoms with E-state index < -0.39 is 0 Å². The van der Waals surface area contributed by atoms with Gasteiger partial charge in [-0.05, 0) is 71.4 Å². The smallest absolute Gasteiger partial charge is 0.123 e. The van der Waals surface area contributed by atoms with Gasteiger partial charge in [-0.2, -0.15) is 0 Å². The van der Waals surface area contributed by atoms with E-state index in [2.05, 4.69) is 18.2 Å². The number of hydrogen-bond acceptors (Lipinski definition) is 2. The zero-order chi connectivity index (χ0) is 21.9. The standard InChI is InChI=1S/C30H26O2/c31-29-16-14-25(19-27(29)21-8-3-1-4-9-21)23-12-7-13-24(18-23)26-15-17-30(32)28(20-26)22-10-5-2-6-11-22/h1-6,8-11,14-20,23,31-32H,7,12-13H2. The Kier molecular flexibility index (Phi) is 5.51. The van der Waals surface area contributed by atoms with Gasteiger partial charge < -0.3 is 10.2 Å². The molecule has 2 heteroatoms. The summed E-state index contributed by atoms with van der Waals surface area (Å²) in [5, 5.41) is 20.9. The molecule has 1 aliphatic carbocycles. The minimum absolute atomic E-state index is 0.302. The van der Waals surface area contributed by atoms with Crippen LogP contribution in [0.1, 0.15) is 36.3 Å². The Morgan fingerprint density at radius 1 is 0.594 bits per heavy atom. The van der Waals surface area contributed by atoms with Crippen molar-refractivity contribution >= 4 is 5.57 Å². The van der Waals surface area contributed by atoms with Gasteiger partial charge in [0.2, 0.25) is 0 Å². The molecular weight excluding hydrogens is 392 g/mol. The highest BCUT2D eigenvalue weighted by Gasteiger charge is 2.19. The fourth-order valence-corrected chi connectivity index (χ4v) is 4.64. The summed E-state index contributed by atoms with van der Waals surface area (Å²) in [4.78, 5) is 0. The molecule has 2 N–H and O–H groups in total. The van der Waals surface area contributed by atoms with Gasteiger partial charge in [0.1, 0.15) is 11.5 Å². The molecule has 4 aromatic rings. The van der Waals surface area contributed by atoms with Crippen molar-refractivity contribution in [3.05, 3.63) is 114 Å². The summed E-state index contributed by atoms with van der Waals surface area (Å²) >= 11 is 0. The van der Waals surface area contributed by atoms with Gasteiger partial charge in [0.25, 0.3) is 0 Å². The van der Waals surface area contributed by atoms with Crippen molar-refractivity contribution in [2.75, 3.05) is 0 Å². The van der Waals surface area contributed by atoms with E-state index in [-0.39, 0.29) is 0 Å². The van der Waals surface area contributed by atoms with Gasteiger partial charge in [0, 0.05) is 17.0 Å². The lowest BCUT2D eigenvalue weighted by Gasteiger charge is -2.23. The molecule has 0 saturated heterocycles. The van der Waals surface area contributed by atoms with Crippen LogP contribution in [-0.4, -0.2) is 10.2 Å². The van der Waals surface area contributed by atoms with Crippen LogP contribution in [0.5, 0.6) is 11.5 Å². The summed E-state index contributed by atoms with van der Waals surface area (Å²) in [5.74, 6) is 0.917. The van der Waals surface area contributed by atoms with Crippen molar-refractivity contribution < 1.29 is 10.2 Å². The molecule has 0 amide bonds. The summed E-state index contributed by atoms with van der Waals surface area (Å²) in [6.45, 7) is 0. The second-order valence-electron chi connectivity index (χ2n) is 8.43. The summed E-state index contributed by atoms with van der Waals surface area (Å²) in [5.41, 5.74) is 7.48. The molecule has 32 heavy (non-hydrogen) atoms. The van der Waals surface area contributed by atoms with Crippen molar-refractivity contribution in [1.82, 2.24) is 0 Å². The Balaban J connectivity index is 1.50. The molecule has 5 rings (SSSR count). The summed E-state index contributed by atoms with van der Waals surface area (Å²) in [7, 11) is 0. The third kappa shape index (κ3) is 4.04. The molecule has 2 nitrogen and oxygen atoms in total. The third-order valence-electron chi connectivity index (χ3n) is 6.35. The van der Waals surface area contributed by atoms with Crippen LogP contribution in [0, 0.1) is 0 Å².